The molecule has 0 saturated heterocycles. The minimum Gasteiger partial charge on any atom is -0.398 e. The lowest BCUT2D eigenvalue weighted by molar-refractivity contribution is 0.246. The molecule has 2 aromatic rings. The zero-order valence-electron chi connectivity index (χ0n) is 11.7. The van der Waals surface area contributed by atoms with Crippen LogP contribution in [0.1, 0.15) is 22.3 Å². The number of nitrogens with two attached hydrogens (primary N) is 1. The third-order valence-electron chi connectivity index (χ3n) is 3.99. The fourth-order valence-corrected chi connectivity index (χ4v) is 3.11. The van der Waals surface area contributed by atoms with Crippen molar-refractivity contribution in [3.8, 4) is 0 Å². The van der Waals surface area contributed by atoms with E-state index in [1.807, 2.05) is 18.2 Å². The van der Waals surface area contributed by atoms with Crippen LogP contribution in [-0.4, -0.2) is 11.4 Å². The van der Waals surface area contributed by atoms with Gasteiger partial charge in [-0.1, -0.05) is 35.9 Å². The van der Waals surface area contributed by atoms with Crippen LogP contribution in [0.15, 0.2) is 36.4 Å². The first-order valence-electron chi connectivity index (χ1n) is 6.97. The molecule has 2 N–H and O–H groups in total. The van der Waals surface area contributed by atoms with Crippen molar-refractivity contribution in [3.63, 3.8) is 0 Å². The highest BCUT2D eigenvalue weighted by Crippen LogP contribution is 2.27. The summed E-state index contributed by atoms with van der Waals surface area (Å²) in [7, 11) is 0. The lowest BCUT2D eigenvalue weighted by Crippen LogP contribution is -2.30. The molecule has 0 aromatic heterocycles. The standard InChI is InChI=1S/C17H19ClN2/c1-12-5-6-14(16(18)9-12)10-20-8-7-13-3-2-4-17(19)15(13)11-20/h2-6,9H,7-8,10-11,19H2,1H3. The number of aryl methyl sites for hydroxylation is 1. The zero-order valence-corrected chi connectivity index (χ0v) is 12.5. The number of nitrogens with zero attached hydrogens (tertiary/aromatic N) is 1. The number of hydrogen-bond donors (Lipinski definition) is 1. The molecule has 1 aliphatic rings. The van der Waals surface area contributed by atoms with Gasteiger partial charge in [0.2, 0.25) is 0 Å². The molecule has 0 amide bonds. The molecular weight excluding hydrogens is 268 g/mol. The number of nitrogen functional groups attached to an aromatic ring is 1. The first-order valence-corrected chi connectivity index (χ1v) is 7.35. The van der Waals surface area contributed by atoms with Crippen molar-refractivity contribution in [1.29, 1.82) is 0 Å². The predicted molar refractivity (Wildman–Crippen MR) is 84.9 cm³/mol. The Labute approximate surface area is 125 Å². The molecule has 0 fully saturated rings. The lowest BCUT2D eigenvalue weighted by atomic mass is 9.97. The molecule has 1 heterocycles. The van der Waals surface area contributed by atoms with E-state index in [1.165, 1.54) is 22.3 Å². The minimum atomic E-state index is 0.858. The number of rotatable bonds is 2. The first-order chi connectivity index (χ1) is 9.63. The van der Waals surface area contributed by atoms with Crippen LogP contribution in [0.3, 0.4) is 0 Å². The highest BCUT2D eigenvalue weighted by molar-refractivity contribution is 6.31. The van der Waals surface area contributed by atoms with Crippen molar-refractivity contribution in [2.45, 2.75) is 26.4 Å². The summed E-state index contributed by atoms with van der Waals surface area (Å²) in [6.45, 7) is 4.91. The Morgan fingerprint density at radius 1 is 1.25 bits per heavy atom. The SMILES string of the molecule is Cc1ccc(CN2CCc3cccc(N)c3C2)c(Cl)c1. The molecule has 0 spiro atoms. The summed E-state index contributed by atoms with van der Waals surface area (Å²) in [5, 5.41) is 0.858. The van der Waals surface area contributed by atoms with Gasteiger partial charge in [0, 0.05) is 30.3 Å². The van der Waals surface area contributed by atoms with E-state index in [1.54, 1.807) is 0 Å². The highest BCUT2D eigenvalue weighted by Gasteiger charge is 2.18. The van der Waals surface area contributed by atoms with E-state index < -0.39 is 0 Å². The van der Waals surface area contributed by atoms with E-state index in [0.717, 1.165) is 36.8 Å². The summed E-state index contributed by atoms with van der Waals surface area (Å²) in [4.78, 5) is 2.41. The number of halogens is 1. The van der Waals surface area contributed by atoms with Crippen molar-refractivity contribution in [1.82, 2.24) is 4.90 Å². The minimum absolute atomic E-state index is 0.858. The van der Waals surface area contributed by atoms with Gasteiger partial charge in [0.05, 0.1) is 0 Å². The Bertz CT molecular complexity index is 637. The van der Waals surface area contributed by atoms with Crippen molar-refractivity contribution in [2.75, 3.05) is 12.3 Å². The van der Waals surface area contributed by atoms with Gasteiger partial charge in [-0.3, -0.25) is 4.90 Å². The normalized spacial score (nSPS) is 15.1. The molecule has 0 atom stereocenters. The number of benzene rings is 2. The van der Waals surface area contributed by atoms with Gasteiger partial charge in [-0.05, 0) is 47.7 Å². The van der Waals surface area contributed by atoms with Crippen molar-refractivity contribution in [2.24, 2.45) is 0 Å². The number of fused-ring (bicyclic) bond motifs is 1. The van der Waals surface area contributed by atoms with E-state index in [4.69, 9.17) is 17.3 Å². The Hall–Kier alpha value is -1.51. The molecule has 3 rings (SSSR count). The molecule has 0 aliphatic carbocycles. The summed E-state index contributed by atoms with van der Waals surface area (Å²) in [6, 6.07) is 12.5. The van der Waals surface area contributed by atoms with E-state index >= 15 is 0 Å². The average molecular weight is 287 g/mol. The summed E-state index contributed by atoms with van der Waals surface area (Å²) < 4.78 is 0. The third-order valence-corrected chi connectivity index (χ3v) is 4.34. The fraction of sp³-hybridized carbons (Fsp3) is 0.294. The lowest BCUT2D eigenvalue weighted by Gasteiger charge is -2.30. The van der Waals surface area contributed by atoms with Crippen LogP contribution in [0.25, 0.3) is 0 Å². The van der Waals surface area contributed by atoms with E-state index in [2.05, 4.69) is 30.0 Å². The molecule has 104 valence electrons. The monoisotopic (exact) mass is 286 g/mol. The molecule has 0 unspecified atom stereocenters. The molecule has 0 radical (unpaired) electrons. The Kier molecular flexibility index (Phi) is 3.68. The van der Waals surface area contributed by atoms with Crippen LogP contribution >= 0.6 is 11.6 Å². The van der Waals surface area contributed by atoms with E-state index in [-0.39, 0.29) is 0 Å². The van der Waals surface area contributed by atoms with E-state index in [9.17, 15) is 0 Å². The Balaban J connectivity index is 1.79. The topological polar surface area (TPSA) is 29.3 Å². The van der Waals surface area contributed by atoms with Gasteiger partial charge >= 0.3 is 0 Å². The van der Waals surface area contributed by atoms with Gasteiger partial charge in [0.15, 0.2) is 0 Å². The smallest absolute Gasteiger partial charge is 0.0453 e. The van der Waals surface area contributed by atoms with Crippen molar-refractivity contribution in [3.05, 3.63) is 63.7 Å². The van der Waals surface area contributed by atoms with Crippen LogP contribution in [0.4, 0.5) is 5.69 Å². The van der Waals surface area contributed by atoms with Gasteiger partial charge < -0.3 is 5.73 Å². The van der Waals surface area contributed by atoms with E-state index in [0.29, 0.717) is 0 Å². The van der Waals surface area contributed by atoms with Crippen LogP contribution in [0.5, 0.6) is 0 Å². The molecule has 20 heavy (non-hydrogen) atoms. The average Bonchev–Trinajstić information content (AvgIpc) is 2.43. The molecule has 0 saturated carbocycles. The molecule has 1 aliphatic heterocycles. The van der Waals surface area contributed by atoms with Crippen LogP contribution in [-0.2, 0) is 19.5 Å². The van der Waals surface area contributed by atoms with Crippen LogP contribution in [0.2, 0.25) is 5.02 Å². The first kappa shape index (κ1) is 13.5. The summed E-state index contributed by atoms with van der Waals surface area (Å²) in [5.74, 6) is 0. The number of anilines is 1. The quantitative estimate of drug-likeness (QED) is 0.851. The molecule has 0 bridgehead atoms. The van der Waals surface area contributed by atoms with Gasteiger partial charge in [0.1, 0.15) is 0 Å². The van der Waals surface area contributed by atoms with Gasteiger partial charge in [-0.25, -0.2) is 0 Å². The second kappa shape index (κ2) is 5.47. The summed E-state index contributed by atoms with van der Waals surface area (Å²) >= 11 is 6.33. The predicted octanol–water partition coefficient (Wildman–Crippen LogP) is 3.79. The largest absolute Gasteiger partial charge is 0.398 e. The maximum absolute atomic E-state index is 6.33. The fourth-order valence-electron chi connectivity index (χ4n) is 2.82. The maximum Gasteiger partial charge on any atom is 0.0453 e. The molecule has 3 heteroatoms. The van der Waals surface area contributed by atoms with Crippen molar-refractivity contribution >= 4 is 17.3 Å². The van der Waals surface area contributed by atoms with Crippen LogP contribution in [0, 0.1) is 6.92 Å². The van der Waals surface area contributed by atoms with Crippen molar-refractivity contribution < 1.29 is 0 Å². The third kappa shape index (κ3) is 2.67. The Morgan fingerprint density at radius 3 is 2.90 bits per heavy atom. The summed E-state index contributed by atoms with van der Waals surface area (Å²) in [6.07, 6.45) is 1.06. The van der Waals surface area contributed by atoms with Gasteiger partial charge in [0.25, 0.3) is 0 Å². The van der Waals surface area contributed by atoms with Crippen LogP contribution < -0.4 is 5.73 Å². The highest BCUT2D eigenvalue weighted by atomic mass is 35.5. The molecular formula is C17H19ClN2. The molecule has 2 aromatic carbocycles. The second-order valence-electron chi connectivity index (χ2n) is 5.54. The number of hydrogen-bond acceptors (Lipinski definition) is 2. The summed E-state index contributed by atoms with van der Waals surface area (Å²) in [5.41, 5.74) is 12.1. The zero-order chi connectivity index (χ0) is 14.1. The van der Waals surface area contributed by atoms with Gasteiger partial charge in [-0.2, -0.15) is 0 Å². The second-order valence-corrected chi connectivity index (χ2v) is 5.95. The molecule has 2 nitrogen and oxygen atoms in total. The maximum atomic E-state index is 6.33. The Morgan fingerprint density at radius 2 is 2.10 bits per heavy atom. The van der Waals surface area contributed by atoms with Gasteiger partial charge in [-0.15, -0.1) is 0 Å².